The van der Waals surface area contributed by atoms with Crippen LogP contribution in [0.15, 0.2) is 30.3 Å². The van der Waals surface area contributed by atoms with E-state index >= 15 is 0 Å². The fraction of sp³-hybridized carbons (Fsp3) is 0.294. The first-order chi connectivity index (χ1) is 13.0. The summed E-state index contributed by atoms with van der Waals surface area (Å²) in [6, 6.07) is 8.02. The molecule has 0 spiro atoms. The normalized spacial score (nSPS) is 15.2. The summed E-state index contributed by atoms with van der Waals surface area (Å²) in [5.74, 6) is -0.194. The highest BCUT2D eigenvalue weighted by Crippen LogP contribution is 2.32. The summed E-state index contributed by atoms with van der Waals surface area (Å²) >= 11 is 2.38. The quantitative estimate of drug-likeness (QED) is 0.308. The molecule has 27 heavy (non-hydrogen) atoms. The number of hydrogen-bond acceptors (Lipinski definition) is 8. The number of carbonyl (C=O) groups is 1. The molecule has 0 saturated carbocycles. The van der Waals surface area contributed by atoms with Gasteiger partial charge in [0.15, 0.2) is 5.13 Å². The molecule has 0 radical (unpaired) electrons. The fourth-order valence-corrected chi connectivity index (χ4v) is 4.61. The highest BCUT2D eigenvalue weighted by Gasteiger charge is 2.21. The van der Waals surface area contributed by atoms with Gasteiger partial charge in [0, 0.05) is 12.1 Å². The van der Waals surface area contributed by atoms with E-state index < -0.39 is 10.9 Å². The lowest BCUT2D eigenvalue weighted by Gasteiger charge is -2.29. The van der Waals surface area contributed by atoms with E-state index in [2.05, 4.69) is 16.9 Å². The number of aromatic nitrogens is 1. The number of esters is 1. The second-order valence-corrected chi connectivity index (χ2v) is 8.43. The van der Waals surface area contributed by atoms with Crippen LogP contribution in [0.25, 0.3) is 10.2 Å². The maximum absolute atomic E-state index is 12.2. The van der Waals surface area contributed by atoms with Crippen molar-refractivity contribution in [2.45, 2.75) is 0 Å². The Kier molecular flexibility index (Phi) is 4.77. The van der Waals surface area contributed by atoms with Crippen molar-refractivity contribution in [3.05, 3.63) is 45.3 Å². The molecule has 4 rings (SSSR count). The zero-order chi connectivity index (χ0) is 19.0. The molecule has 3 aromatic rings. The van der Waals surface area contributed by atoms with Crippen molar-refractivity contribution in [1.29, 1.82) is 0 Å². The summed E-state index contributed by atoms with van der Waals surface area (Å²) in [6.45, 7) is 4.13. The van der Waals surface area contributed by atoms with Gasteiger partial charge in [-0.1, -0.05) is 22.7 Å². The molecule has 0 amide bonds. The van der Waals surface area contributed by atoms with Gasteiger partial charge in [0.25, 0.3) is 0 Å². The van der Waals surface area contributed by atoms with Gasteiger partial charge < -0.3 is 14.5 Å². The molecular formula is C17H17N4O4S2+. The lowest BCUT2D eigenvalue weighted by Crippen LogP contribution is -3.12. The van der Waals surface area contributed by atoms with Gasteiger partial charge in [-0.3, -0.25) is 10.1 Å². The topological polar surface area (TPSA) is 90.0 Å². The monoisotopic (exact) mass is 405 g/mol. The number of nitro groups is 1. The Morgan fingerprint density at radius 3 is 2.74 bits per heavy atom. The van der Waals surface area contributed by atoms with Gasteiger partial charge in [0.2, 0.25) is 0 Å². The number of anilines is 1. The van der Waals surface area contributed by atoms with Crippen molar-refractivity contribution in [2.24, 2.45) is 0 Å². The van der Waals surface area contributed by atoms with Crippen LogP contribution in [-0.4, -0.2) is 49.1 Å². The predicted octanol–water partition coefficient (Wildman–Crippen LogP) is 1.82. The molecule has 1 saturated heterocycles. The van der Waals surface area contributed by atoms with Crippen LogP contribution in [0.3, 0.4) is 0 Å². The van der Waals surface area contributed by atoms with E-state index in [-0.39, 0.29) is 9.88 Å². The molecule has 0 atom stereocenters. The predicted molar refractivity (Wildman–Crippen MR) is 104 cm³/mol. The van der Waals surface area contributed by atoms with E-state index in [1.165, 1.54) is 17.0 Å². The first-order valence-electron chi connectivity index (χ1n) is 8.43. The number of thiophene rings is 1. The number of quaternary nitrogens is 1. The zero-order valence-corrected chi connectivity index (χ0v) is 16.1. The molecule has 10 heteroatoms. The highest BCUT2D eigenvalue weighted by atomic mass is 32.1. The van der Waals surface area contributed by atoms with E-state index in [4.69, 9.17) is 4.74 Å². The Morgan fingerprint density at radius 1 is 1.26 bits per heavy atom. The number of rotatable bonds is 4. The van der Waals surface area contributed by atoms with E-state index in [1.54, 1.807) is 23.5 Å². The van der Waals surface area contributed by atoms with Gasteiger partial charge in [-0.05, 0) is 18.2 Å². The molecule has 1 aromatic carbocycles. The number of thiazole rings is 1. The summed E-state index contributed by atoms with van der Waals surface area (Å²) < 4.78 is 6.32. The van der Waals surface area contributed by atoms with E-state index in [0.717, 1.165) is 52.9 Å². The highest BCUT2D eigenvalue weighted by molar-refractivity contribution is 7.22. The minimum atomic E-state index is -0.598. The van der Waals surface area contributed by atoms with Crippen molar-refractivity contribution in [3.8, 4) is 5.75 Å². The maximum atomic E-state index is 12.2. The third kappa shape index (κ3) is 3.77. The van der Waals surface area contributed by atoms with Gasteiger partial charge in [-0.2, -0.15) is 0 Å². The van der Waals surface area contributed by atoms with Crippen LogP contribution in [0.5, 0.6) is 5.75 Å². The van der Waals surface area contributed by atoms with E-state index in [1.807, 2.05) is 6.07 Å². The molecule has 140 valence electrons. The molecule has 8 nitrogen and oxygen atoms in total. The number of nitrogens with one attached hydrogen (secondary N) is 1. The number of ether oxygens (including phenoxy) is 1. The van der Waals surface area contributed by atoms with Gasteiger partial charge in [-0.25, -0.2) is 9.78 Å². The summed E-state index contributed by atoms with van der Waals surface area (Å²) in [5, 5.41) is 11.6. The lowest BCUT2D eigenvalue weighted by molar-refractivity contribution is -0.880. The molecule has 3 heterocycles. The van der Waals surface area contributed by atoms with Gasteiger partial charge in [0.1, 0.15) is 10.6 Å². The first-order valence-corrected chi connectivity index (χ1v) is 10.1. The average molecular weight is 405 g/mol. The van der Waals surface area contributed by atoms with Crippen LogP contribution in [0.4, 0.5) is 10.1 Å². The number of piperazine rings is 1. The average Bonchev–Trinajstić information content (AvgIpc) is 3.29. The van der Waals surface area contributed by atoms with Gasteiger partial charge >= 0.3 is 11.0 Å². The third-order valence-electron chi connectivity index (χ3n) is 4.42. The number of likely N-dealkylation sites (N-methyl/N-ethyl adjacent to an activating group) is 1. The Balaban J connectivity index is 1.51. The summed E-state index contributed by atoms with van der Waals surface area (Å²) in [6.07, 6.45) is 0. The Bertz CT molecular complexity index is 1010. The summed E-state index contributed by atoms with van der Waals surface area (Å²) in [4.78, 5) is 31.1. The van der Waals surface area contributed by atoms with Crippen molar-refractivity contribution in [2.75, 3.05) is 38.1 Å². The van der Waals surface area contributed by atoms with Crippen LogP contribution in [0, 0.1) is 10.1 Å². The minimum Gasteiger partial charge on any atom is -0.422 e. The molecule has 1 aliphatic rings. The number of hydrogen-bond donors (Lipinski definition) is 1. The van der Waals surface area contributed by atoms with Crippen LogP contribution < -0.4 is 14.5 Å². The molecular weight excluding hydrogens is 388 g/mol. The van der Waals surface area contributed by atoms with Crippen molar-refractivity contribution < 1.29 is 19.4 Å². The lowest BCUT2D eigenvalue weighted by atomic mass is 10.3. The van der Waals surface area contributed by atoms with E-state index in [9.17, 15) is 14.9 Å². The molecule has 0 bridgehead atoms. The molecule has 1 aliphatic heterocycles. The number of benzene rings is 1. The molecule has 1 fully saturated rings. The van der Waals surface area contributed by atoms with Crippen molar-refractivity contribution >= 4 is 49.0 Å². The summed E-state index contributed by atoms with van der Waals surface area (Å²) in [7, 11) is 2.19. The number of carbonyl (C=O) groups excluding carboxylic acids is 1. The van der Waals surface area contributed by atoms with Crippen LogP contribution in [0.2, 0.25) is 0 Å². The smallest absolute Gasteiger partial charge is 0.353 e. The van der Waals surface area contributed by atoms with Crippen molar-refractivity contribution in [3.63, 3.8) is 0 Å². The molecule has 1 N–H and O–H groups in total. The first kappa shape index (κ1) is 17.8. The minimum absolute atomic E-state index is 0.0847. The zero-order valence-electron chi connectivity index (χ0n) is 14.5. The Hall–Kier alpha value is -2.56. The van der Waals surface area contributed by atoms with Crippen LogP contribution in [0.1, 0.15) is 9.67 Å². The van der Waals surface area contributed by atoms with Gasteiger partial charge in [0.05, 0.1) is 48.4 Å². The molecule has 0 aliphatic carbocycles. The second kappa shape index (κ2) is 7.22. The molecule has 0 unspecified atom stereocenters. The fourth-order valence-electron chi connectivity index (χ4n) is 2.86. The number of fused-ring (bicyclic) bond motifs is 1. The van der Waals surface area contributed by atoms with Gasteiger partial charge in [-0.15, -0.1) is 0 Å². The van der Waals surface area contributed by atoms with Crippen molar-refractivity contribution in [1.82, 2.24) is 4.98 Å². The largest absolute Gasteiger partial charge is 0.422 e. The summed E-state index contributed by atoms with van der Waals surface area (Å²) in [5.41, 5.74) is 0.868. The van der Waals surface area contributed by atoms with Crippen LogP contribution in [-0.2, 0) is 0 Å². The standard InChI is InChI=1S/C17H16N4O4S2/c1-19-6-8-20(9-7-19)17-18-12-3-2-11(10-14(12)27-17)25-16(22)13-4-5-15(26-13)21(23)24/h2-5,10H,6-9H2,1H3/p+1. The van der Waals surface area contributed by atoms with E-state index in [0.29, 0.717) is 5.75 Å². The molecule has 2 aromatic heterocycles. The third-order valence-corrected chi connectivity index (χ3v) is 6.52. The number of nitrogens with zero attached hydrogens (tertiary/aromatic N) is 3. The SMILES string of the molecule is C[NH+]1CCN(c2nc3ccc(OC(=O)c4ccc([N+](=O)[O-])s4)cc3s2)CC1. The Labute approximate surface area is 162 Å². The maximum Gasteiger partial charge on any atom is 0.353 e. The Morgan fingerprint density at radius 2 is 2.04 bits per heavy atom. The second-order valence-electron chi connectivity index (χ2n) is 6.35. The van der Waals surface area contributed by atoms with Crippen LogP contribution >= 0.6 is 22.7 Å².